The van der Waals surface area contributed by atoms with Gasteiger partial charge in [0.2, 0.25) is 0 Å². The Hall–Kier alpha value is -2.31. The van der Waals surface area contributed by atoms with Gasteiger partial charge in [-0.05, 0) is 32.8 Å². The van der Waals surface area contributed by atoms with Gasteiger partial charge in [0, 0.05) is 12.1 Å². The van der Waals surface area contributed by atoms with Crippen LogP contribution in [0.4, 0.5) is 0 Å². The van der Waals surface area contributed by atoms with Gasteiger partial charge in [-0.1, -0.05) is 0 Å². The number of nitrogens with one attached hydrogen (secondary N) is 1. The van der Waals surface area contributed by atoms with Gasteiger partial charge in [0.25, 0.3) is 0 Å². The summed E-state index contributed by atoms with van der Waals surface area (Å²) in [7, 11) is 0. The van der Waals surface area contributed by atoms with Crippen molar-refractivity contribution in [3.63, 3.8) is 0 Å². The van der Waals surface area contributed by atoms with Crippen LogP contribution < -0.4 is 0 Å². The fraction of sp³-hybridized carbons (Fsp3) is 0.500. The van der Waals surface area contributed by atoms with E-state index in [0.29, 0.717) is 5.69 Å². The minimum absolute atomic E-state index is 0.00216. The van der Waals surface area contributed by atoms with Gasteiger partial charge in [-0.25, -0.2) is 9.59 Å². The average Bonchev–Trinajstić information content (AvgIpc) is 2.74. The number of aromatic amines is 1. The number of aryl methyl sites for hydroxylation is 1. The SMILES string of the molecule is CCOC(=O)CCc1c(C(=O)OCC)[nH]c(C)c1C(=O)O. The Morgan fingerprint density at radius 3 is 2.29 bits per heavy atom. The Balaban J connectivity index is 3.09. The number of aromatic carboxylic acids is 1. The van der Waals surface area contributed by atoms with Crippen LogP contribution in [0.1, 0.15) is 52.4 Å². The molecule has 0 atom stereocenters. The highest BCUT2D eigenvalue weighted by molar-refractivity contribution is 5.98. The summed E-state index contributed by atoms with van der Waals surface area (Å²) >= 11 is 0. The summed E-state index contributed by atoms with van der Waals surface area (Å²) in [6.45, 7) is 5.33. The van der Waals surface area contributed by atoms with E-state index in [-0.39, 0.29) is 42.9 Å². The van der Waals surface area contributed by atoms with Crippen LogP contribution in [0, 0.1) is 6.92 Å². The molecule has 0 unspecified atom stereocenters. The smallest absolute Gasteiger partial charge is 0.355 e. The maximum atomic E-state index is 11.9. The number of aromatic nitrogens is 1. The van der Waals surface area contributed by atoms with Gasteiger partial charge in [0.15, 0.2) is 0 Å². The highest BCUT2D eigenvalue weighted by atomic mass is 16.5. The molecule has 0 fully saturated rings. The number of rotatable bonds is 7. The van der Waals surface area contributed by atoms with Gasteiger partial charge >= 0.3 is 17.9 Å². The van der Waals surface area contributed by atoms with Crippen LogP contribution in [0.5, 0.6) is 0 Å². The normalized spacial score (nSPS) is 10.2. The molecule has 1 heterocycles. The van der Waals surface area contributed by atoms with Gasteiger partial charge in [0.1, 0.15) is 5.69 Å². The Labute approximate surface area is 122 Å². The van der Waals surface area contributed by atoms with Crippen molar-refractivity contribution >= 4 is 17.9 Å². The van der Waals surface area contributed by atoms with Crippen LogP contribution in [-0.2, 0) is 20.7 Å². The molecule has 0 saturated carbocycles. The van der Waals surface area contributed by atoms with Crippen molar-refractivity contribution in [1.82, 2.24) is 4.98 Å². The molecule has 2 N–H and O–H groups in total. The minimum atomic E-state index is -1.15. The van der Waals surface area contributed by atoms with Crippen LogP contribution >= 0.6 is 0 Å². The lowest BCUT2D eigenvalue weighted by Crippen LogP contribution is -2.12. The van der Waals surface area contributed by atoms with Crippen molar-refractivity contribution in [1.29, 1.82) is 0 Å². The van der Waals surface area contributed by atoms with Crippen molar-refractivity contribution < 1.29 is 29.0 Å². The first-order valence-electron chi connectivity index (χ1n) is 6.69. The quantitative estimate of drug-likeness (QED) is 0.742. The highest BCUT2D eigenvalue weighted by Gasteiger charge is 2.25. The summed E-state index contributed by atoms with van der Waals surface area (Å²) in [5, 5.41) is 9.25. The molecular formula is C14H19NO6. The lowest BCUT2D eigenvalue weighted by molar-refractivity contribution is -0.143. The molecular weight excluding hydrogens is 278 g/mol. The third-order valence-electron chi connectivity index (χ3n) is 2.87. The standard InChI is InChI=1S/C14H19NO6/c1-4-20-10(16)7-6-9-11(13(17)18)8(3)15-12(9)14(19)21-5-2/h15H,4-7H2,1-3H3,(H,17,18). The van der Waals surface area contributed by atoms with Gasteiger partial charge < -0.3 is 19.6 Å². The van der Waals surface area contributed by atoms with Crippen molar-refractivity contribution in [3.8, 4) is 0 Å². The van der Waals surface area contributed by atoms with E-state index < -0.39 is 17.9 Å². The van der Waals surface area contributed by atoms with E-state index in [4.69, 9.17) is 9.47 Å². The van der Waals surface area contributed by atoms with E-state index in [2.05, 4.69) is 4.98 Å². The Bertz CT molecular complexity index is 546. The molecule has 0 radical (unpaired) electrons. The first-order valence-corrected chi connectivity index (χ1v) is 6.69. The number of ether oxygens (including phenoxy) is 2. The van der Waals surface area contributed by atoms with Gasteiger partial charge in [-0.15, -0.1) is 0 Å². The zero-order valence-electron chi connectivity index (χ0n) is 12.3. The summed E-state index contributed by atoms with van der Waals surface area (Å²) in [6.07, 6.45) is 0.0940. The molecule has 1 rings (SSSR count). The molecule has 0 aromatic carbocycles. The minimum Gasteiger partial charge on any atom is -0.478 e. The molecule has 0 aliphatic rings. The molecule has 21 heavy (non-hydrogen) atoms. The molecule has 1 aromatic rings. The van der Waals surface area contributed by atoms with Crippen LogP contribution in [0.2, 0.25) is 0 Å². The predicted octanol–water partition coefficient (Wildman–Crippen LogP) is 1.69. The molecule has 1 aromatic heterocycles. The first kappa shape index (κ1) is 16.7. The van der Waals surface area contributed by atoms with E-state index >= 15 is 0 Å². The number of hydrogen-bond donors (Lipinski definition) is 2. The number of esters is 2. The zero-order valence-corrected chi connectivity index (χ0v) is 12.3. The monoisotopic (exact) mass is 297 g/mol. The molecule has 0 amide bonds. The van der Waals surface area contributed by atoms with Crippen molar-refractivity contribution in [2.75, 3.05) is 13.2 Å². The second-order valence-corrected chi connectivity index (χ2v) is 4.31. The predicted molar refractivity (Wildman–Crippen MR) is 73.4 cm³/mol. The zero-order chi connectivity index (χ0) is 16.0. The lowest BCUT2D eigenvalue weighted by Gasteiger charge is -2.05. The third kappa shape index (κ3) is 4.08. The molecule has 0 aliphatic heterocycles. The van der Waals surface area contributed by atoms with Gasteiger partial charge in [-0.3, -0.25) is 4.79 Å². The van der Waals surface area contributed by atoms with Crippen molar-refractivity contribution in [3.05, 3.63) is 22.5 Å². The van der Waals surface area contributed by atoms with E-state index in [9.17, 15) is 19.5 Å². The van der Waals surface area contributed by atoms with Crippen LogP contribution in [0.3, 0.4) is 0 Å². The van der Waals surface area contributed by atoms with Crippen LogP contribution in [0.15, 0.2) is 0 Å². The van der Waals surface area contributed by atoms with E-state index in [0.717, 1.165) is 0 Å². The molecule has 0 spiro atoms. The molecule has 7 nitrogen and oxygen atoms in total. The van der Waals surface area contributed by atoms with Gasteiger partial charge in [-0.2, -0.15) is 0 Å². The lowest BCUT2D eigenvalue weighted by atomic mass is 10.0. The number of carbonyl (C=O) groups is 3. The molecule has 0 bridgehead atoms. The van der Waals surface area contributed by atoms with Crippen molar-refractivity contribution in [2.45, 2.75) is 33.6 Å². The first-order chi connectivity index (χ1) is 9.92. The Morgan fingerprint density at radius 1 is 1.14 bits per heavy atom. The number of carboxylic acid groups (broad SMARTS) is 1. The Kier molecular flexibility index (Phi) is 5.95. The second-order valence-electron chi connectivity index (χ2n) is 4.31. The van der Waals surface area contributed by atoms with Gasteiger partial charge in [0.05, 0.1) is 18.8 Å². The summed E-state index contributed by atoms with van der Waals surface area (Å²) < 4.78 is 9.70. The topological polar surface area (TPSA) is 106 Å². The summed E-state index contributed by atoms with van der Waals surface area (Å²) in [6, 6.07) is 0. The van der Waals surface area contributed by atoms with E-state index in [1.165, 1.54) is 0 Å². The third-order valence-corrected chi connectivity index (χ3v) is 2.87. The molecule has 0 saturated heterocycles. The largest absolute Gasteiger partial charge is 0.478 e. The number of hydrogen-bond acceptors (Lipinski definition) is 5. The molecule has 0 aliphatic carbocycles. The van der Waals surface area contributed by atoms with E-state index in [1.807, 2.05) is 0 Å². The summed E-state index contributed by atoms with van der Waals surface area (Å²) in [5.41, 5.74) is 0.703. The molecule has 116 valence electrons. The maximum Gasteiger partial charge on any atom is 0.355 e. The fourth-order valence-corrected chi connectivity index (χ4v) is 2.05. The van der Waals surface area contributed by atoms with Crippen molar-refractivity contribution in [2.24, 2.45) is 0 Å². The number of carboxylic acids is 1. The number of carbonyl (C=O) groups excluding carboxylic acids is 2. The summed E-state index contributed by atoms with van der Waals surface area (Å²) in [4.78, 5) is 37.3. The Morgan fingerprint density at radius 2 is 1.76 bits per heavy atom. The van der Waals surface area contributed by atoms with E-state index in [1.54, 1.807) is 20.8 Å². The highest BCUT2D eigenvalue weighted by Crippen LogP contribution is 2.22. The average molecular weight is 297 g/mol. The van der Waals surface area contributed by atoms with Crippen LogP contribution in [-0.4, -0.2) is 41.2 Å². The summed E-state index contributed by atoms with van der Waals surface area (Å²) in [5.74, 6) is -2.23. The fourth-order valence-electron chi connectivity index (χ4n) is 2.05. The number of H-pyrrole nitrogens is 1. The maximum absolute atomic E-state index is 11.9. The molecule has 7 heteroatoms. The second kappa shape index (κ2) is 7.47. The van der Waals surface area contributed by atoms with Crippen LogP contribution in [0.25, 0.3) is 0 Å².